The maximum absolute atomic E-state index is 12.7. The van der Waals surface area contributed by atoms with Crippen LogP contribution in [0, 0.1) is 0 Å². The summed E-state index contributed by atoms with van der Waals surface area (Å²) in [6.45, 7) is 5.71. The monoisotopic (exact) mass is 1090 g/mol. The molecule has 400 valence electrons. The van der Waals surface area contributed by atoms with Crippen molar-refractivity contribution in [1.82, 2.24) is 5.32 Å². The van der Waals surface area contributed by atoms with Crippen molar-refractivity contribution in [3.63, 3.8) is 0 Å². The van der Waals surface area contributed by atoms with E-state index in [1.807, 2.05) is 97.2 Å². The molecule has 21 nitrogen and oxygen atoms in total. The highest BCUT2D eigenvalue weighted by Crippen LogP contribution is 2.82. The molecule has 1 saturated heterocycles. The van der Waals surface area contributed by atoms with Gasteiger partial charge < -0.3 is 30.3 Å². The number of hydrogen-bond donors (Lipinski definition) is 2. The number of amides is 3. The molecule has 0 radical (unpaired) electrons. The maximum atomic E-state index is 12.7. The number of nitrogens with one attached hydrogen (secondary N) is 1. The Balaban J connectivity index is 0.000000192. The van der Waals surface area contributed by atoms with Crippen molar-refractivity contribution < 1.29 is 60.1 Å². The molecular weight excluding hydrogens is 1030 g/mol. The number of likely N-dealkylation sites (N-methyl/N-ethyl adjacent to an activating group) is 2. The number of hydrogen-bond acceptors (Lipinski definition) is 18. The lowest BCUT2D eigenvalue weighted by molar-refractivity contribution is -0.191. The van der Waals surface area contributed by atoms with Gasteiger partial charge in [-0.1, -0.05) is 106 Å². The Hall–Kier alpha value is -6.52. The largest absolute Gasteiger partial charge is 0.489 e. The summed E-state index contributed by atoms with van der Waals surface area (Å²) in [5, 5.41) is 18.7. The zero-order chi connectivity index (χ0) is 54.4. The van der Waals surface area contributed by atoms with Crippen molar-refractivity contribution >= 4 is 81.4 Å². The second kappa shape index (κ2) is 29.0. The number of benzene rings is 4. The Labute approximate surface area is 436 Å². The maximum Gasteiger partial charge on any atom is 0.373 e. The van der Waals surface area contributed by atoms with Gasteiger partial charge in [-0.3, -0.25) is 28.1 Å². The topological polar surface area (TPSA) is 277 Å². The highest BCUT2D eigenvalue weighted by atomic mass is 31.3. The van der Waals surface area contributed by atoms with Gasteiger partial charge in [0.1, 0.15) is 42.5 Å². The molecule has 2 atom stereocenters. The molecule has 24 heteroatoms. The fourth-order valence-electron chi connectivity index (χ4n) is 7.65. The molecule has 5 aliphatic heterocycles. The van der Waals surface area contributed by atoms with Gasteiger partial charge in [0.15, 0.2) is 0 Å². The quantitative estimate of drug-likeness (QED) is 0.126. The van der Waals surface area contributed by atoms with Gasteiger partial charge in [-0.05, 0) is 54.7 Å². The van der Waals surface area contributed by atoms with Crippen LogP contribution >= 0.6 is 22.8 Å². The third kappa shape index (κ3) is 17.8. The van der Waals surface area contributed by atoms with Crippen LogP contribution in [-0.4, -0.2) is 105 Å². The number of nitrogens with two attached hydrogens (primary N) is 1. The summed E-state index contributed by atoms with van der Waals surface area (Å²) in [4.78, 5) is 56.2. The predicted octanol–water partition coefficient (Wildman–Crippen LogP) is 8.67. The molecule has 3 amide bonds. The third-order valence-electron chi connectivity index (χ3n) is 11.2. The molecular formula is C51H63N8O13P3. The molecule has 0 saturated carbocycles. The summed E-state index contributed by atoms with van der Waals surface area (Å²) in [6.07, 6.45) is 6.89. The van der Waals surface area contributed by atoms with E-state index >= 15 is 0 Å². The van der Waals surface area contributed by atoms with Crippen molar-refractivity contribution in [3.05, 3.63) is 120 Å². The first kappa shape index (κ1) is 59.4. The molecule has 5 aliphatic rings. The molecule has 75 heavy (non-hydrogen) atoms. The number of carbonyl (C=O) groups is 3. The minimum absolute atomic E-state index is 0.0664. The third-order valence-corrected chi connectivity index (χ3v) is 20.1. The summed E-state index contributed by atoms with van der Waals surface area (Å²) in [5.41, 5.74) is 11.8. The predicted molar refractivity (Wildman–Crippen MR) is 287 cm³/mol. The fourth-order valence-corrected chi connectivity index (χ4v) is 17.0. The van der Waals surface area contributed by atoms with Gasteiger partial charge >= 0.3 is 28.9 Å². The lowest BCUT2D eigenvalue weighted by atomic mass is 10.0. The van der Waals surface area contributed by atoms with E-state index in [1.165, 1.54) is 15.4 Å². The summed E-state index contributed by atoms with van der Waals surface area (Å²) in [6, 6.07) is 33.6. The number of fused-ring (bicyclic) bond motifs is 2. The van der Waals surface area contributed by atoms with E-state index in [2.05, 4.69) is 37.9 Å². The second-order valence-corrected chi connectivity index (χ2v) is 24.2. The Morgan fingerprint density at radius 3 is 1.55 bits per heavy atom. The molecule has 4 aromatic carbocycles. The van der Waals surface area contributed by atoms with E-state index in [9.17, 15) is 28.1 Å². The first-order chi connectivity index (χ1) is 36.0. The highest BCUT2D eigenvalue weighted by Gasteiger charge is 2.51. The highest BCUT2D eigenvalue weighted by molar-refractivity contribution is 7.80. The number of ether oxygens (including phenoxy) is 2. The van der Waals surface area contributed by atoms with Crippen LogP contribution in [0.3, 0.4) is 0 Å². The summed E-state index contributed by atoms with van der Waals surface area (Å²) >= 11 is 0. The Bertz CT molecular complexity index is 2820. The first-order valence-corrected chi connectivity index (χ1v) is 29.4. The van der Waals surface area contributed by atoms with E-state index in [4.69, 9.17) is 37.7 Å². The molecule has 4 aromatic rings. The van der Waals surface area contributed by atoms with Crippen LogP contribution in [0.15, 0.2) is 130 Å². The average molecular weight is 1090 g/mol. The van der Waals surface area contributed by atoms with Crippen LogP contribution < -0.4 is 30.3 Å². The van der Waals surface area contributed by atoms with Crippen LogP contribution in [0.2, 0.25) is 0 Å². The molecule has 0 bridgehead atoms. The zero-order valence-electron chi connectivity index (χ0n) is 42.5. The Morgan fingerprint density at radius 1 is 0.640 bits per heavy atom. The Morgan fingerprint density at radius 2 is 1.08 bits per heavy atom. The minimum Gasteiger partial charge on any atom is -0.489 e. The molecule has 0 unspecified atom stereocenters. The van der Waals surface area contributed by atoms with E-state index in [-0.39, 0.29) is 49.7 Å². The molecule has 0 aromatic heterocycles. The van der Waals surface area contributed by atoms with Gasteiger partial charge in [0, 0.05) is 46.0 Å². The van der Waals surface area contributed by atoms with Crippen LogP contribution in [0.4, 0.5) is 11.4 Å². The average Bonchev–Trinajstić information content (AvgIpc) is 4.06. The summed E-state index contributed by atoms with van der Waals surface area (Å²) in [7, 11) is -7.33. The first-order valence-electron chi connectivity index (χ1n) is 24.2. The number of nitrogens with zero attached hydrogens (tertiary/aromatic N) is 6. The van der Waals surface area contributed by atoms with Gasteiger partial charge in [0.25, 0.3) is 11.8 Å². The molecule has 3 N–H and O–H groups in total. The molecule has 9 rings (SSSR count). The van der Waals surface area contributed by atoms with Crippen LogP contribution in [-0.2, 0) is 63.4 Å². The minimum atomic E-state index is -3.57. The Kier molecular flexibility index (Phi) is 22.9. The lowest BCUT2D eigenvalue weighted by Gasteiger charge is -2.33. The van der Waals surface area contributed by atoms with Crippen molar-refractivity contribution in [2.45, 2.75) is 77.8 Å². The van der Waals surface area contributed by atoms with Gasteiger partial charge in [0.05, 0.1) is 41.3 Å². The zero-order valence-corrected chi connectivity index (χ0v) is 45.2. The van der Waals surface area contributed by atoms with Crippen molar-refractivity contribution in [2.75, 3.05) is 55.6 Å². The van der Waals surface area contributed by atoms with Crippen LogP contribution in [0.5, 0.6) is 11.5 Å². The van der Waals surface area contributed by atoms with Crippen molar-refractivity contribution in [3.8, 4) is 11.5 Å². The SMILES string of the molecule is C1=NN=C(Cc2ccccc2)C1.CCCP1(=O)OP(=O)(CCC)OP(=O)(CCC)O1.CN1C(=O)[C@@H](N)COc2ccccc21.CN1C(=O)[C@@H](NC(=O)C2=NN=C(Cc3ccccc3)C2)COc2ccccc21.O=C=O. The van der Waals surface area contributed by atoms with Crippen LogP contribution in [0.25, 0.3) is 0 Å². The van der Waals surface area contributed by atoms with E-state index < -0.39 is 40.8 Å². The molecule has 1 fully saturated rings. The second-order valence-electron chi connectivity index (χ2n) is 17.2. The number of para-hydroxylation sites is 4. The van der Waals surface area contributed by atoms with Gasteiger partial charge in [-0.25, -0.2) is 12.9 Å². The summed E-state index contributed by atoms with van der Waals surface area (Å²) < 4.78 is 63.4. The van der Waals surface area contributed by atoms with E-state index in [0.717, 1.165) is 35.5 Å². The lowest BCUT2D eigenvalue weighted by Crippen LogP contribution is -2.51. The smallest absolute Gasteiger partial charge is 0.373 e. The van der Waals surface area contributed by atoms with E-state index in [1.54, 1.807) is 40.9 Å². The molecule has 5 heterocycles. The standard InChI is InChI=1S/C21H20N4O3.C10H12N2O2.C10H10N2.C9H21O6P3.CO2/c1-25-18-9-5-6-10-19(18)28-13-17(21(25)27)22-20(26)16-12-15(23-24-16)11-14-7-3-2-4-8-14;1-12-8-4-2-3-5-9(8)14-6-7(11)10(12)13;1-2-4-9(5-3-1)8-10-6-7-11-12-10;1-4-7-16(10)13-17(11,8-5-2)15-18(12,14-16)9-6-3;2-1-3/h2-10,17H,11-13H2,1H3,(H,22,26);2-5,7H,6,11H2,1H3;1-5,7H,6,8H2;4-9H2,1-3H3;/t17-;7-;;;/m00.../s1. The number of rotatable bonds is 12. The van der Waals surface area contributed by atoms with Gasteiger partial charge in [0.2, 0.25) is 5.91 Å². The van der Waals surface area contributed by atoms with Crippen LogP contribution in [0.1, 0.15) is 64.0 Å². The number of carbonyl (C=O) groups excluding carboxylic acids is 5. The molecule has 0 aliphatic carbocycles. The van der Waals surface area contributed by atoms with Gasteiger partial charge in [-0.2, -0.15) is 24.9 Å². The number of anilines is 2. The van der Waals surface area contributed by atoms with Gasteiger partial charge in [-0.15, -0.1) is 5.10 Å². The van der Waals surface area contributed by atoms with Crippen molar-refractivity contribution in [1.29, 1.82) is 0 Å². The fraction of sp³-hybridized carbons (Fsp3) is 0.373. The van der Waals surface area contributed by atoms with Crippen molar-refractivity contribution in [2.24, 2.45) is 26.1 Å². The summed E-state index contributed by atoms with van der Waals surface area (Å²) in [5.74, 6) is 0.573. The van der Waals surface area contributed by atoms with E-state index in [0.29, 0.717) is 55.0 Å². The molecule has 0 spiro atoms. The normalized spacial score (nSPS) is 23.1.